The molecule has 0 aliphatic carbocycles. The van der Waals surface area contributed by atoms with Crippen LogP contribution in [0.2, 0.25) is 0 Å². The van der Waals surface area contributed by atoms with Crippen LogP contribution in [0.25, 0.3) is 0 Å². The van der Waals surface area contributed by atoms with E-state index in [1.54, 1.807) is 11.0 Å². The van der Waals surface area contributed by atoms with E-state index >= 15 is 0 Å². The number of hydrogen-bond donors (Lipinski definition) is 2. The minimum Gasteiger partial charge on any atom is -0.351 e. The number of aromatic nitrogens is 2. The molecule has 2 N–H and O–H groups in total. The number of nitrogens with zero attached hydrogens (tertiary/aromatic N) is 3. The van der Waals surface area contributed by atoms with E-state index < -0.39 is 11.9 Å². The Morgan fingerprint density at radius 3 is 2.74 bits per heavy atom. The Balaban J connectivity index is 1.40. The lowest BCUT2D eigenvalue weighted by Crippen LogP contribution is -3.15. The lowest BCUT2D eigenvalue weighted by Gasteiger charge is -2.32. The Kier molecular flexibility index (Phi) is 6.27. The van der Waals surface area contributed by atoms with Crippen LogP contribution in [0, 0.1) is 0 Å². The summed E-state index contributed by atoms with van der Waals surface area (Å²) in [6.07, 6.45) is -2.45. The number of carbonyl (C=O) groups excluding carboxylic acids is 1. The van der Waals surface area contributed by atoms with Gasteiger partial charge in [0.25, 0.3) is 5.91 Å². The number of amides is 1. The third-order valence-electron chi connectivity index (χ3n) is 4.42. The molecule has 27 heavy (non-hydrogen) atoms. The van der Waals surface area contributed by atoms with Crippen LogP contribution in [-0.4, -0.2) is 55.1 Å². The van der Waals surface area contributed by atoms with Gasteiger partial charge < -0.3 is 15.1 Å². The highest BCUT2D eigenvalue weighted by Crippen LogP contribution is 2.28. The largest absolute Gasteiger partial charge is 0.433 e. The summed E-state index contributed by atoms with van der Waals surface area (Å²) in [5, 5.41) is 4.77. The summed E-state index contributed by atoms with van der Waals surface area (Å²) in [7, 11) is 0. The number of anilines is 1. The Labute approximate surface area is 159 Å². The summed E-state index contributed by atoms with van der Waals surface area (Å²) in [6, 6.07) is 4.52. The number of piperazine rings is 1. The number of halogens is 3. The Morgan fingerprint density at radius 2 is 2.07 bits per heavy atom. The molecule has 10 heteroatoms. The zero-order chi connectivity index (χ0) is 19.3. The van der Waals surface area contributed by atoms with E-state index in [4.69, 9.17) is 0 Å². The Bertz CT molecular complexity index is 745. The van der Waals surface area contributed by atoms with Gasteiger partial charge in [-0.15, -0.1) is 11.3 Å². The summed E-state index contributed by atoms with van der Waals surface area (Å²) in [6.45, 7) is 4.34. The molecule has 1 aliphatic rings. The van der Waals surface area contributed by atoms with Gasteiger partial charge >= 0.3 is 6.18 Å². The second-order valence-corrected chi connectivity index (χ2v) is 7.26. The van der Waals surface area contributed by atoms with E-state index in [1.807, 2.05) is 11.4 Å². The molecular weight excluding hydrogens is 379 g/mol. The number of alkyl halides is 3. The fourth-order valence-electron chi connectivity index (χ4n) is 2.97. The summed E-state index contributed by atoms with van der Waals surface area (Å²) in [5.41, 5.74) is -0.913. The monoisotopic (exact) mass is 400 g/mol. The standard InChI is InChI=1S/C17H20F3N5OS/c18-17(19,20)14-4-6-22-16(23-14)25-10-8-24(9-11-25)7-2-5-21-15(26)13-3-1-12-27-13/h1,3-4,6,12H,2,5,7-11H2,(H,21,26)/p+1. The minimum absolute atomic E-state index is 0.0495. The van der Waals surface area contributed by atoms with Crippen molar-refractivity contribution in [1.29, 1.82) is 0 Å². The summed E-state index contributed by atoms with van der Waals surface area (Å²) >= 11 is 1.41. The maximum atomic E-state index is 12.8. The van der Waals surface area contributed by atoms with E-state index in [2.05, 4.69) is 15.3 Å². The number of nitrogens with one attached hydrogen (secondary N) is 2. The molecule has 146 valence electrons. The molecule has 2 aromatic heterocycles. The average Bonchev–Trinajstić information content (AvgIpc) is 3.20. The predicted molar refractivity (Wildman–Crippen MR) is 96.1 cm³/mol. The third-order valence-corrected chi connectivity index (χ3v) is 5.29. The molecule has 3 heterocycles. The van der Waals surface area contributed by atoms with Crippen LogP contribution in [-0.2, 0) is 6.18 Å². The molecule has 1 saturated heterocycles. The molecule has 1 amide bonds. The number of hydrogen-bond acceptors (Lipinski definition) is 5. The molecule has 2 aromatic rings. The lowest BCUT2D eigenvalue weighted by atomic mass is 10.3. The van der Waals surface area contributed by atoms with Crippen LogP contribution in [0.15, 0.2) is 29.8 Å². The Morgan fingerprint density at radius 1 is 1.30 bits per heavy atom. The normalized spacial score (nSPS) is 15.7. The molecule has 1 aliphatic heterocycles. The first-order chi connectivity index (χ1) is 12.9. The zero-order valence-electron chi connectivity index (χ0n) is 14.6. The van der Waals surface area contributed by atoms with Gasteiger partial charge in [-0.25, -0.2) is 9.97 Å². The quantitative estimate of drug-likeness (QED) is 0.713. The summed E-state index contributed by atoms with van der Waals surface area (Å²) in [5.74, 6) is 0.0820. The SMILES string of the molecule is O=C(NCCC[NH+]1CCN(c2nccc(C(F)(F)F)n2)CC1)c1cccs1. The van der Waals surface area contributed by atoms with Gasteiger partial charge in [0.05, 0.1) is 37.6 Å². The number of rotatable bonds is 6. The first-order valence-electron chi connectivity index (χ1n) is 8.74. The number of carbonyl (C=O) groups is 1. The van der Waals surface area contributed by atoms with Crippen molar-refractivity contribution in [1.82, 2.24) is 15.3 Å². The highest BCUT2D eigenvalue weighted by molar-refractivity contribution is 7.12. The maximum Gasteiger partial charge on any atom is 0.433 e. The Hall–Kier alpha value is -2.20. The average molecular weight is 400 g/mol. The van der Waals surface area contributed by atoms with Crippen molar-refractivity contribution < 1.29 is 22.9 Å². The number of quaternary nitrogens is 1. The second kappa shape index (κ2) is 8.66. The second-order valence-electron chi connectivity index (χ2n) is 6.31. The van der Waals surface area contributed by atoms with Crippen molar-refractivity contribution in [3.63, 3.8) is 0 Å². The van der Waals surface area contributed by atoms with Crippen LogP contribution in [0.4, 0.5) is 19.1 Å². The highest BCUT2D eigenvalue weighted by atomic mass is 32.1. The summed E-state index contributed by atoms with van der Waals surface area (Å²) < 4.78 is 38.3. The van der Waals surface area contributed by atoms with Crippen molar-refractivity contribution in [3.05, 3.63) is 40.3 Å². The van der Waals surface area contributed by atoms with Crippen LogP contribution in [0.1, 0.15) is 21.8 Å². The van der Waals surface area contributed by atoms with E-state index in [-0.39, 0.29) is 11.9 Å². The van der Waals surface area contributed by atoms with Gasteiger partial charge in [0.15, 0.2) is 0 Å². The molecule has 0 spiro atoms. The van der Waals surface area contributed by atoms with Crippen LogP contribution in [0.3, 0.4) is 0 Å². The van der Waals surface area contributed by atoms with Gasteiger partial charge in [-0.1, -0.05) is 6.07 Å². The summed E-state index contributed by atoms with van der Waals surface area (Å²) in [4.78, 5) is 23.3. The molecule has 6 nitrogen and oxygen atoms in total. The van der Waals surface area contributed by atoms with Crippen LogP contribution in [0.5, 0.6) is 0 Å². The third kappa shape index (κ3) is 5.39. The first kappa shape index (κ1) is 19.6. The molecule has 0 bridgehead atoms. The van der Waals surface area contributed by atoms with Crippen molar-refractivity contribution in [2.75, 3.05) is 44.2 Å². The highest BCUT2D eigenvalue weighted by Gasteiger charge is 2.33. The van der Waals surface area contributed by atoms with Crippen LogP contribution < -0.4 is 15.1 Å². The van der Waals surface area contributed by atoms with Crippen molar-refractivity contribution >= 4 is 23.2 Å². The molecule has 3 rings (SSSR count). The van der Waals surface area contributed by atoms with Crippen molar-refractivity contribution in [2.45, 2.75) is 12.6 Å². The molecular formula is C17H21F3N5OS+. The fourth-order valence-corrected chi connectivity index (χ4v) is 3.61. The first-order valence-corrected chi connectivity index (χ1v) is 9.62. The predicted octanol–water partition coefficient (Wildman–Crippen LogP) is 1.08. The minimum atomic E-state index is -4.46. The molecule has 0 unspecified atom stereocenters. The van der Waals surface area contributed by atoms with Gasteiger partial charge in [0.2, 0.25) is 5.95 Å². The topological polar surface area (TPSA) is 62.6 Å². The maximum absolute atomic E-state index is 12.8. The molecule has 0 radical (unpaired) electrons. The molecule has 0 saturated carbocycles. The smallest absolute Gasteiger partial charge is 0.351 e. The van der Waals surface area contributed by atoms with Crippen molar-refractivity contribution in [2.24, 2.45) is 0 Å². The van der Waals surface area contributed by atoms with Crippen LogP contribution >= 0.6 is 11.3 Å². The number of thiophene rings is 1. The zero-order valence-corrected chi connectivity index (χ0v) is 15.4. The van der Waals surface area contributed by atoms with Gasteiger partial charge in [0.1, 0.15) is 5.69 Å². The van der Waals surface area contributed by atoms with Gasteiger partial charge in [0, 0.05) is 19.2 Å². The van der Waals surface area contributed by atoms with E-state index in [9.17, 15) is 18.0 Å². The van der Waals surface area contributed by atoms with E-state index in [0.717, 1.165) is 38.3 Å². The van der Waals surface area contributed by atoms with E-state index in [1.165, 1.54) is 16.2 Å². The van der Waals surface area contributed by atoms with Gasteiger partial charge in [-0.05, 0) is 17.5 Å². The van der Waals surface area contributed by atoms with Gasteiger partial charge in [-0.2, -0.15) is 13.2 Å². The lowest BCUT2D eigenvalue weighted by molar-refractivity contribution is -0.900. The fraction of sp³-hybridized carbons (Fsp3) is 0.471. The molecule has 0 atom stereocenters. The molecule has 1 fully saturated rings. The molecule has 0 aromatic carbocycles. The van der Waals surface area contributed by atoms with Crippen molar-refractivity contribution in [3.8, 4) is 0 Å². The van der Waals surface area contributed by atoms with Gasteiger partial charge in [-0.3, -0.25) is 4.79 Å². The van der Waals surface area contributed by atoms with E-state index in [0.29, 0.717) is 24.5 Å².